The number of halogens is 1. The van der Waals surface area contributed by atoms with E-state index in [2.05, 4.69) is 5.32 Å². The Bertz CT molecular complexity index is 653. The SMILES string of the molecule is O=C(Nc1sccc1C(=O)O)c1ccc(Cl)cc1O. The molecule has 2 rings (SSSR count). The molecule has 2 aromatic rings. The van der Waals surface area contributed by atoms with Gasteiger partial charge in [0.05, 0.1) is 11.1 Å². The number of hydrogen-bond donors (Lipinski definition) is 3. The third kappa shape index (κ3) is 2.86. The number of carbonyl (C=O) groups excluding carboxylic acids is 1. The molecule has 0 spiro atoms. The van der Waals surface area contributed by atoms with Crippen LogP contribution in [-0.4, -0.2) is 22.1 Å². The van der Waals surface area contributed by atoms with Crippen molar-refractivity contribution < 1.29 is 19.8 Å². The molecule has 5 nitrogen and oxygen atoms in total. The van der Waals surface area contributed by atoms with Crippen LogP contribution >= 0.6 is 22.9 Å². The predicted octanol–water partition coefficient (Wildman–Crippen LogP) is 3.06. The number of rotatable bonds is 3. The Labute approximate surface area is 117 Å². The first-order valence-corrected chi connectivity index (χ1v) is 6.35. The van der Waals surface area contributed by atoms with Crippen molar-refractivity contribution in [3.8, 4) is 5.75 Å². The summed E-state index contributed by atoms with van der Waals surface area (Å²) >= 11 is 6.75. The van der Waals surface area contributed by atoms with Gasteiger partial charge in [0, 0.05) is 5.02 Å². The van der Waals surface area contributed by atoms with E-state index in [0.29, 0.717) is 5.02 Å². The summed E-state index contributed by atoms with van der Waals surface area (Å²) in [6.07, 6.45) is 0. The lowest BCUT2D eigenvalue weighted by Gasteiger charge is -2.06. The Morgan fingerprint density at radius 2 is 1.95 bits per heavy atom. The molecule has 19 heavy (non-hydrogen) atoms. The maximum atomic E-state index is 11.9. The first kappa shape index (κ1) is 13.4. The molecule has 0 atom stereocenters. The highest BCUT2D eigenvalue weighted by Gasteiger charge is 2.17. The fourth-order valence-corrected chi connectivity index (χ4v) is 2.38. The molecule has 0 bridgehead atoms. The average Bonchev–Trinajstić information content (AvgIpc) is 2.76. The van der Waals surface area contributed by atoms with E-state index in [0.717, 1.165) is 11.3 Å². The zero-order chi connectivity index (χ0) is 14.0. The van der Waals surface area contributed by atoms with Crippen molar-refractivity contribution in [2.75, 3.05) is 5.32 Å². The molecule has 1 aromatic carbocycles. The number of amides is 1. The third-order valence-electron chi connectivity index (χ3n) is 2.33. The second-order valence-corrected chi connectivity index (χ2v) is 4.94. The highest BCUT2D eigenvalue weighted by atomic mass is 35.5. The fraction of sp³-hybridized carbons (Fsp3) is 0. The van der Waals surface area contributed by atoms with Gasteiger partial charge in [-0.1, -0.05) is 11.6 Å². The number of hydrogen-bond acceptors (Lipinski definition) is 4. The summed E-state index contributed by atoms with van der Waals surface area (Å²) in [5.74, 6) is -1.99. The van der Waals surface area contributed by atoms with Crippen LogP contribution in [0.25, 0.3) is 0 Å². The molecule has 1 heterocycles. The van der Waals surface area contributed by atoms with Gasteiger partial charge in [0.1, 0.15) is 10.8 Å². The number of thiophene rings is 1. The Kier molecular flexibility index (Phi) is 3.73. The van der Waals surface area contributed by atoms with Gasteiger partial charge in [-0.25, -0.2) is 4.79 Å². The summed E-state index contributed by atoms with van der Waals surface area (Å²) in [6.45, 7) is 0. The highest BCUT2D eigenvalue weighted by molar-refractivity contribution is 7.14. The average molecular weight is 298 g/mol. The smallest absolute Gasteiger partial charge is 0.338 e. The van der Waals surface area contributed by atoms with E-state index in [1.54, 1.807) is 5.38 Å². The standard InChI is InChI=1S/C12H8ClNO4S/c13-6-1-2-7(9(15)5-6)10(16)14-11-8(12(17)18)3-4-19-11/h1-5,15H,(H,14,16)(H,17,18). The molecule has 0 saturated heterocycles. The van der Waals surface area contributed by atoms with Crippen molar-refractivity contribution in [3.63, 3.8) is 0 Å². The Morgan fingerprint density at radius 1 is 1.21 bits per heavy atom. The third-order valence-corrected chi connectivity index (χ3v) is 3.39. The largest absolute Gasteiger partial charge is 0.507 e. The number of aromatic carboxylic acids is 1. The van der Waals surface area contributed by atoms with Crippen LogP contribution in [0.3, 0.4) is 0 Å². The number of aromatic hydroxyl groups is 1. The van der Waals surface area contributed by atoms with Gasteiger partial charge in [0.2, 0.25) is 0 Å². The summed E-state index contributed by atoms with van der Waals surface area (Å²) in [7, 11) is 0. The molecular formula is C12H8ClNO4S. The molecule has 98 valence electrons. The van der Waals surface area contributed by atoms with Gasteiger partial charge < -0.3 is 15.5 Å². The van der Waals surface area contributed by atoms with E-state index in [9.17, 15) is 14.7 Å². The lowest BCUT2D eigenvalue weighted by atomic mass is 10.2. The van der Waals surface area contributed by atoms with Crippen LogP contribution in [0.2, 0.25) is 5.02 Å². The normalized spacial score (nSPS) is 10.2. The molecule has 0 fully saturated rings. The number of carboxylic acids is 1. The lowest BCUT2D eigenvalue weighted by Crippen LogP contribution is -2.13. The number of benzene rings is 1. The molecule has 0 saturated carbocycles. The van der Waals surface area contributed by atoms with Crippen molar-refractivity contribution in [2.45, 2.75) is 0 Å². The molecule has 0 unspecified atom stereocenters. The van der Waals surface area contributed by atoms with E-state index < -0.39 is 11.9 Å². The molecule has 0 aliphatic heterocycles. The first-order chi connectivity index (χ1) is 8.99. The van der Waals surface area contributed by atoms with E-state index in [4.69, 9.17) is 16.7 Å². The van der Waals surface area contributed by atoms with Crippen LogP contribution < -0.4 is 5.32 Å². The van der Waals surface area contributed by atoms with E-state index in [1.807, 2.05) is 0 Å². The topological polar surface area (TPSA) is 86.6 Å². The summed E-state index contributed by atoms with van der Waals surface area (Å²) in [6, 6.07) is 5.46. The van der Waals surface area contributed by atoms with Gasteiger partial charge >= 0.3 is 5.97 Å². The summed E-state index contributed by atoms with van der Waals surface area (Å²) in [5, 5.41) is 23.0. The number of nitrogens with one attached hydrogen (secondary N) is 1. The minimum Gasteiger partial charge on any atom is -0.507 e. The zero-order valence-corrected chi connectivity index (χ0v) is 11.0. The van der Waals surface area contributed by atoms with Gasteiger partial charge in [0.25, 0.3) is 5.91 Å². The van der Waals surface area contributed by atoms with Crippen molar-refractivity contribution in [1.29, 1.82) is 0 Å². The molecule has 3 N–H and O–H groups in total. The fourth-order valence-electron chi connectivity index (χ4n) is 1.44. The lowest BCUT2D eigenvalue weighted by molar-refractivity contribution is 0.0698. The van der Waals surface area contributed by atoms with Crippen LogP contribution in [-0.2, 0) is 0 Å². The number of anilines is 1. The molecule has 1 aromatic heterocycles. The number of phenolic OH excluding ortho intramolecular Hbond substituents is 1. The summed E-state index contributed by atoms with van der Waals surface area (Å²) in [5.41, 5.74) is 0.0287. The Balaban J connectivity index is 2.26. The number of phenols is 1. The van der Waals surface area contributed by atoms with Crippen molar-refractivity contribution in [3.05, 3.63) is 45.8 Å². The quantitative estimate of drug-likeness (QED) is 0.812. The summed E-state index contributed by atoms with van der Waals surface area (Å²) < 4.78 is 0. The van der Waals surface area contributed by atoms with Gasteiger partial charge in [-0.2, -0.15) is 0 Å². The molecular weight excluding hydrogens is 290 g/mol. The Morgan fingerprint density at radius 3 is 2.58 bits per heavy atom. The van der Waals surface area contributed by atoms with Crippen molar-refractivity contribution in [1.82, 2.24) is 0 Å². The van der Waals surface area contributed by atoms with Crippen molar-refractivity contribution >= 4 is 39.8 Å². The Hall–Kier alpha value is -2.05. The van der Waals surface area contributed by atoms with Crippen LogP contribution in [0.5, 0.6) is 5.75 Å². The van der Waals surface area contributed by atoms with E-state index >= 15 is 0 Å². The van der Waals surface area contributed by atoms with E-state index in [1.165, 1.54) is 24.3 Å². The van der Waals surface area contributed by atoms with E-state index in [-0.39, 0.29) is 21.9 Å². The van der Waals surface area contributed by atoms with Crippen molar-refractivity contribution in [2.24, 2.45) is 0 Å². The zero-order valence-electron chi connectivity index (χ0n) is 9.38. The first-order valence-electron chi connectivity index (χ1n) is 5.09. The van der Waals surface area contributed by atoms with Crippen LogP contribution in [0.15, 0.2) is 29.6 Å². The second kappa shape index (κ2) is 5.29. The number of carbonyl (C=O) groups is 2. The molecule has 0 aliphatic rings. The molecule has 0 radical (unpaired) electrons. The predicted molar refractivity (Wildman–Crippen MR) is 72.3 cm³/mol. The monoisotopic (exact) mass is 297 g/mol. The molecule has 7 heteroatoms. The maximum Gasteiger partial charge on any atom is 0.338 e. The van der Waals surface area contributed by atoms with Crippen LogP contribution in [0.1, 0.15) is 20.7 Å². The molecule has 0 aliphatic carbocycles. The minimum absolute atomic E-state index is 0.00630. The maximum absolute atomic E-state index is 11.9. The van der Waals surface area contributed by atoms with Gasteiger partial charge in [-0.05, 0) is 29.6 Å². The molecule has 1 amide bonds. The van der Waals surface area contributed by atoms with Gasteiger partial charge in [-0.3, -0.25) is 4.79 Å². The number of carboxylic acid groups (broad SMARTS) is 1. The minimum atomic E-state index is -1.13. The van der Waals surface area contributed by atoms with Gasteiger partial charge in [0.15, 0.2) is 0 Å². The summed E-state index contributed by atoms with van der Waals surface area (Å²) in [4.78, 5) is 22.8. The van der Waals surface area contributed by atoms with Crippen LogP contribution in [0.4, 0.5) is 5.00 Å². The second-order valence-electron chi connectivity index (χ2n) is 3.58. The van der Waals surface area contributed by atoms with Gasteiger partial charge in [-0.15, -0.1) is 11.3 Å². The highest BCUT2D eigenvalue weighted by Crippen LogP contribution is 2.26. The van der Waals surface area contributed by atoms with Crippen LogP contribution in [0, 0.1) is 0 Å².